The van der Waals surface area contributed by atoms with Gasteiger partial charge in [-0.25, -0.2) is 0 Å². The van der Waals surface area contributed by atoms with Crippen LogP contribution in [0.3, 0.4) is 0 Å². The van der Waals surface area contributed by atoms with E-state index in [0.717, 1.165) is 18.2 Å². The van der Waals surface area contributed by atoms with Crippen LogP contribution in [0, 0.1) is 17.2 Å². The van der Waals surface area contributed by atoms with Crippen LogP contribution >= 0.6 is 0 Å². The smallest absolute Gasteiger partial charge is 0.241 e. The van der Waals surface area contributed by atoms with E-state index < -0.39 is 0 Å². The van der Waals surface area contributed by atoms with Crippen molar-refractivity contribution < 1.29 is 4.79 Å². The molecule has 4 nitrogen and oxygen atoms in total. The first-order chi connectivity index (χ1) is 12.3. The maximum absolute atomic E-state index is 13.0. The lowest BCUT2D eigenvalue weighted by molar-refractivity contribution is -0.120. The lowest BCUT2D eigenvalue weighted by atomic mass is 9.83. The van der Waals surface area contributed by atoms with E-state index in [0.29, 0.717) is 25.6 Å². The predicted molar refractivity (Wildman–Crippen MR) is 100 cm³/mol. The van der Waals surface area contributed by atoms with Gasteiger partial charge in [-0.3, -0.25) is 9.69 Å². The molecule has 0 bridgehead atoms. The van der Waals surface area contributed by atoms with E-state index in [1.165, 1.54) is 44.9 Å². The molecular formula is C21H29N3O. The van der Waals surface area contributed by atoms with E-state index >= 15 is 0 Å². The van der Waals surface area contributed by atoms with Crippen molar-refractivity contribution in [2.75, 3.05) is 24.5 Å². The molecule has 2 fully saturated rings. The first kappa shape index (κ1) is 17.9. The van der Waals surface area contributed by atoms with Crippen molar-refractivity contribution in [3.8, 4) is 6.07 Å². The Labute approximate surface area is 151 Å². The summed E-state index contributed by atoms with van der Waals surface area (Å²) in [6.07, 6.45) is 9.53. The normalized spacial score (nSPS) is 21.8. The molecule has 1 aromatic rings. The Kier molecular flexibility index (Phi) is 6.47. The molecule has 1 aliphatic heterocycles. The van der Waals surface area contributed by atoms with E-state index in [1.807, 2.05) is 30.3 Å². The Bertz CT molecular complexity index is 589. The molecule has 1 atom stereocenters. The van der Waals surface area contributed by atoms with Gasteiger partial charge in [-0.2, -0.15) is 5.26 Å². The molecule has 1 saturated carbocycles. The van der Waals surface area contributed by atoms with E-state index in [1.54, 1.807) is 4.90 Å². The van der Waals surface area contributed by atoms with Crippen LogP contribution < -0.4 is 4.90 Å². The molecule has 3 rings (SSSR count). The van der Waals surface area contributed by atoms with Crippen LogP contribution in [0.5, 0.6) is 0 Å². The fourth-order valence-electron chi connectivity index (χ4n) is 4.53. The second-order valence-corrected chi connectivity index (χ2v) is 7.37. The van der Waals surface area contributed by atoms with Crippen molar-refractivity contribution in [2.24, 2.45) is 5.92 Å². The van der Waals surface area contributed by atoms with Crippen LogP contribution in [-0.4, -0.2) is 36.5 Å². The van der Waals surface area contributed by atoms with E-state index in [4.69, 9.17) is 5.26 Å². The molecule has 1 saturated heterocycles. The van der Waals surface area contributed by atoms with E-state index in [-0.39, 0.29) is 5.91 Å². The van der Waals surface area contributed by atoms with Crippen molar-refractivity contribution in [1.29, 1.82) is 5.26 Å². The molecule has 0 aromatic heterocycles. The molecule has 25 heavy (non-hydrogen) atoms. The number of amides is 1. The number of rotatable bonds is 6. The van der Waals surface area contributed by atoms with Crippen molar-refractivity contribution in [1.82, 2.24) is 4.90 Å². The topological polar surface area (TPSA) is 47.3 Å². The number of carbonyl (C=O) groups is 1. The van der Waals surface area contributed by atoms with Gasteiger partial charge >= 0.3 is 0 Å². The third-order valence-electron chi connectivity index (χ3n) is 5.76. The minimum atomic E-state index is 0.129. The molecule has 4 heteroatoms. The minimum Gasteiger partial charge on any atom is -0.310 e. The van der Waals surface area contributed by atoms with Gasteiger partial charge < -0.3 is 4.90 Å². The van der Waals surface area contributed by atoms with Gasteiger partial charge in [0.1, 0.15) is 0 Å². The highest BCUT2D eigenvalue weighted by molar-refractivity contribution is 5.94. The van der Waals surface area contributed by atoms with Crippen LogP contribution in [-0.2, 0) is 4.79 Å². The monoisotopic (exact) mass is 339 g/mol. The Balaban J connectivity index is 1.66. The lowest BCUT2D eigenvalue weighted by Gasteiger charge is -2.34. The molecule has 0 N–H and O–H groups in total. The SMILES string of the molecule is N#CCCN(C(=O)CN1CCC[C@H]1C1CCCCC1)c1ccccc1. The number of benzene rings is 1. The fraction of sp³-hybridized carbons (Fsp3) is 0.619. The summed E-state index contributed by atoms with van der Waals surface area (Å²) in [4.78, 5) is 17.2. The van der Waals surface area contributed by atoms with Crippen LogP contribution in [0.2, 0.25) is 0 Å². The highest BCUT2D eigenvalue weighted by Gasteiger charge is 2.34. The summed E-state index contributed by atoms with van der Waals surface area (Å²) in [7, 11) is 0. The quantitative estimate of drug-likeness (QED) is 0.787. The van der Waals surface area contributed by atoms with Crippen molar-refractivity contribution in [3.05, 3.63) is 30.3 Å². The number of anilines is 1. The molecule has 1 amide bonds. The lowest BCUT2D eigenvalue weighted by Crippen LogP contribution is -2.45. The third-order valence-corrected chi connectivity index (χ3v) is 5.76. The number of likely N-dealkylation sites (tertiary alicyclic amines) is 1. The summed E-state index contributed by atoms with van der Waals surface area (Å²) < 4.78 is 0. The van der Waals surface area contributed by atoms with Crippen LogP contribution in [0.15, 0.2) is 30.3 Å². The molecule has 1 aliphatic carbocycles. The number of para-hydroxylation sites is 1. The van der Waals surface area contributed by atoms with Crippen molar-refractivity contribution >= 4 is 11.6 Å². The molecule has 134 valence electrons. The molecule has 2 aliphatic rings. The zero-order valence-corrected chi connectivity index (χ0v) is 15.1. The average Bonchev–Trinajstić information content (AvgIpc) is 3.12. The summed E-state index contributed by atoms with van der Waals surface area (Å²) in [5, 5.41) is 8.94. The molecule has 1 heterocycles. The maximum Gasteiger partial charge on any atom is 0.241 e. The number of carbonyl (C=O) groups excluding carboxylic acids is 1. The highest BCUT2D eigenvalue weighted by atomic mass is 16.2. The largest absolute Gasteiger partial charge is 0.310 e. The number of nitriles is 1. The molecular weight excluding hydrogens is 310 g/mol. The van der Waals surface area contributed by atoms with Crippen molar-refractivity contribution in [2.45, 2.75) is 57.4 Å². The Morgan fingerprint density at radius 2 is 1.88 bits per heavy atom. The van der Waals surface area contributed by atoms with Gasteiger partial charge in [0.25, 0.3) is 0 Å². The molecule has 1 aromatic carbocycles. The first-order valence-electron chi connectivity index (χ1n) is 9.76. The van der Waals surface area contributed by atoms with E-state index in [9.17, 15) is 4.79 Å². The Morgan fingerprint density at radius 1 is 1.12 bits per heavy atom. The van der Waals surface area contributed by atoms with Crippen LogP contribution in [0.4, 0.5) is 5.69 Å². The van der Waals surface area contributed by atoms with Gasteiger partial charge in [0.05, 0.1) is 19.0 Å². The zero-order chi connectivity index (χ0) is 17.5. The summed E-state index contributed by atoms with van der Waals surface area (Å²) >= 11 is 0. The predicted octanol–water partition coefficient (Wildman–Crippen LogP) is 3.98. The summed E-state index contributed by atoms with van der Waals surface area (Å²) in [5.41, 5.74) is 0.899. The standard InChI is InChI=1S/C21H29N3O/c22-14-8-16-24(19-11-5-2-6-12-19)21(25)17-23-15-7-13-20(23)18-9-3-1-4-10-18/h2,5-6,11-12,18,20H,1,3-4,7-10,13,15-17H2/t20-/m0/s1. The number of hydrogen-bond donors (Lipinski definition) is 0. The minimum absolute atomic E-state index is 0.129. The Morgan fingerprint density at radius 3 is 2.60 bits per heavy atom. The highest BCUT2D eigenvalue weighted by Crippen LogP contribution is 2.34. The van der Waals surface area contributed by atoms with E-state index in [2.05, 4.69) is 11.0 Å². The van der Waals surface area contributed by atoms with Gasteiger partial charge in [0, 0.05) is 18.3 Å². The fourth-order valence-corrected chi connectivity index (χ4v) is 4.53. The third kappa shape index (κ3) is 4.61. The summed E-state index contributed by atoms with van der Waals surface area (Å²) in [6, 6.07) is 12.5. The Hall–Kier alpha value is -1.86. The number of hydrogen-bond acceptors (Lipinski definition) is 3. The van der Waals surface area contributed by atoms with Gasteiger partial charge in [-0.1, -0.05) is 37.5 Å². The van der Waals surface area contributed by atoms with Gasteiger partial charge in [-0.05, 0) is 50.3 Å². The number of nitrogens with zero attached hydrogens (tertiary/aromatic N) is 3. The van der Waals surface area contributed by atoms with Gasteiger partial charge in [0.15, 0.2) is 0 Å². The summed E-state index contributed by atoms with van der Waals surface area (Å²) in [5.74, 6) is 0.900. The zero-order valence-electron chi connectivity index (χ0n) is 15.1. The summed E-state index contributed by atoms with van der Waals surface area (Å²) in [6.45, 7) is 2.00. The second kappa shape index (κ2) is 9.01. The second-order valence-electron chi connectivity index (χ2n) is 7.37. The molecule has 0 spiro atoms. The maximum atomic E-state index is 13.0. The molecule has 0 radical (unpaired) electrons. The van der Waals surface area contributed by atoms with Crippen molar-refractivity contribution in [3.63, 3.8) is 0 Å². The van der Waals surface area contributed by atoms with Crippen LogP contribution in [0.1, 0.15) is 51.4 Å². The molecule has 0 unspecified atom stereocenters. The van der Waals surface area contributed by atoms with Gasteiger partial charge in [0.2, 0.25) is 5.91 Å². The first-order valence-corrected chi connectivity index (χ1v) is 9.76. The average molecular weight is 339 g/mol. The van der Waals surface area contributed by atoms with Crippen LogP contribution in [0.25, 0.3) is 0 Å². The van der Waals surface area contributed by atoms with Gasteiger partial charge in [-0.15, -0.1) is 0 Å².